The van der Waals surface area contributed by atoms with E-state index in [-0.39, 0.29) is 0 Å². The number of nitrogens with one attached hydrogen (secondary N) is 1. The van der Waals surface area contributed by atoms with Gasteiger partial charge in [0.15, 0.2) is 6.10 Å². The fraction of sp³-hybridized carbons (Fsp3) is 0.167. The summed E-state index contributed by atoms with van der Waals surface area (Å²) >= 11 is 7.25. The molecule has 1 N–H and O–H groups in total. The Balaban J connectivity index is 1.93. The Labute approximate surface area is 154 Å². The van der Waals surface area contributed by atoms with E-state index in [0.717, 1.165) is 11.1 Å². The highest BCUT2D eigenvalue weighted by Gasteiger charge is 2.18. The maximum absolute atomic E-state index is 12.0. The van der Waals surface area contributed by atoms with Gasteiger partial charge in [0.1, 0.15) is 11.1 Å². The average molecular weight is 375 g/mol. The minimum Gasteiger partial charge on any atom is -0.449 e. The van der Waals surface area contributed by atoms with Gasteiger partial charge in [-0.25, -0.2) is 4.79 Å². The molecule has 128 valence electrons. The number of esters is 1. The number of thiophene rings is 1. The van der Waals surface area contributed by atoms with E-state index in [2.05, 4.69) is 5.32 Å². The van der Waals surface area contributed by atoms with Crippen molar-refractivity contribution in [2.45, 2.75) is 20.0 Å². The van der Waals surface area contributed by atoms with Crippen LogP contribution in [0.3, 0.4) is 0 Å². The molecule has 0 saturated carbocycles. The van der Waals surface area contributed by atoms with E-state index in [1.165, 1.54) is 24.3 Å². The lowest BCUT2D eigenvalue weighted by molar-refractivity contribution is -0.148. The van der Waals surface area contributed by atoms with Crippen LogP contribution in [0.25, 0.3) is 6.08 Å². The van der Waals surface area contributed by atoms with Crippen molar-refractivity contribution in [3.05, 3.63) is 57.4 Å². The minimum absolute atomic E-state index is 0.369. The number of hydrogen-bond donors (Lipinski definition) is 1. The molecule has 0 fully saturated rings. The zero-order valence-electron chi connectivity index (χ0n) is 13.6. The van der Waals surface area contributed by atoms with Crippen LogP contribution in [0.2, 0.25) is 5.02 Å². The van der Waals surface area contributed by atoms with Gasteiger partial charge in [0.25, 0.3) is 5.91 Å². The number of nitrogens with zero attached hydrogens (tertiary/aromatic N) is 1. The van der Waals surface area contributed by atoms with Crippen molar-refractivity contribution in [1.29, 1.82) is 5.26 Å². The van der Waals surface area contributed by atoms with Gasteiger partial charge in [0.05, 0.1) is 5.56 Å². The molecule has 0 unspecified atom stereocenters. The SMILES string of the molecule is Cc1ccc(/C=C/C(=O)O[C@H](C)C(=O)Nc2sccc2C#N)cc1Cl. The topological polar surface area (TPSA) is 79.2 Å². The maximum atomic E-state index is 12.0. The fourth-order valence-corrected chi connectivity index (χ4v) is 2.78. The van der Waals surface area contributed by atoms with E-state index in [1.807, 2.05) is 25.1 Å². The number of carbonyl (C=O) groups excluding carboxylic acids is 2. The highest BCUT2D eigenvalue weighted by molar-refractivity contribution is 7.14. The summed E-state index contributed by atoms with van der Waals surface area (Å²) in [5.74, 6) is -1.15. The number of carbonyl (C=O) groups is 2. The van der Waals surface area contributed by atoms with E-state index < -0.39 is 18.0 Å². The number of aryl methyl sites for hydroxylation is 1. The smallest absolute Gasteiger partial charge is 0.331 e. The zero-order chi connectivity index (χ0) is 18.4. The van der Waals surface area contributed by atoms with Gasteiger partial charge in [-0.3, -0.25) is 4.79 Å². The average Bonchev–Trinajstić information content (AvgIpc) is 3.03. The van der Waals surface area contributed by atoms with Gasteiger partial charge in [-0.1, -0.05) is 23.7 Å². The number of nitriles is 1. The molecule has 0 spiro atoms. The lowest BCUT2D eigenvalue weighted by atomic mass is 10.1. The molecule has 5 nitrogen and oxygen atoms in total. The molecule has 1 heterocycles. The van der Waals surface area contributed by atoms with Crippen LogP contribution < -0.4 is 5.32 Å². The summed E-state index contributed by atoms with van der Waals surface area (Å²) in [7, 11) is 0. The van der Waals surface area contributed by atoms with Crippen LogP contribution in [0.1, 0.15) is 23.6 Å². The first-order valence-corrected chi connectivity index (χ1v) is 8.59. The number of benzene rings is 1. The molecule has 1 aromatic heterocycles. The predicted molar refractivity (Wildman–Crippen MR) is 98.4 cm³/mol. The Morgan fingerprint density at radius 3 is 2.84 bits per heavy atom. The Hall–Kier alpha value is -2.62. The highest BCUT2D eigenvalue weighted by Crippen LogP contribution is 2.22. The summed E-state index contributed by atoms with van der Waals surface area (Å²) in [5, 5.41) is 14.2. The molecule has 2 rings (SSSR count). The van der Waals surface area contributed by atoms with Crippen LogP contribution in [0.15, 0.2) is 35.7 Å². The molecule has 0 aliphatic carbocycles. The molecule has 0 saturated heterocycles. The van der Waals surface area contributed by atoms with Gasteiger partial charge >= 0.3 is 5.97 Å². The molecular formula is C18H15ClN2O3S. The number of rotatable bonds is 5. The first-order chi connectivity index (χ1) is 11.9. The summed E-state index contributed by atoms with van der Waals surface area (Å²) in [6.45, 7) is 3.35. The maximum Gasteiger partial charge on any atom is 0.331 e. The van der Waals surface area contributed by atoms with Crippen molar-refractivity contribution in [2.75, 3.05) is 5.32 Å². The van der Waals surface area contributed by atoms with Crippen LogP contribution >= 0.6 is 22.9 Å². The summed E-state index contributed by atoms with van der Waals surface area (Å²) in [6.07, 6.45) is 1.80. The van der Waals surface area contributed by atoms with Crippen molar-refractivity contribution >= 4 is 45.9 Å². The quantitative estimate of drug-likeness (QED) is 0.629. The van der Waals surface area contributed by atoms with Gasteiger partial charge in [-0.2, -0.15) is 5.26 Å². The summed E-state index contributed by atoms with van der Waals surface area (Å²) in [4.78, 5) is 23.9. The monoisotopic (exact) mass is 374 g/mol. The number of hydrogen-bond acceptors (Lipinski definition) is 5. The minimum atomic E-state index is -0.993. The largest absolute Gasteiger partial charge is 0.449 e. The fourth-order valence-electron chi connectivity index (χ4n) is 1.85. The van der Waals surface area contributed by atoms with Crippen LogP contribution in [-0.4, -0.2) is 18.0 Å². The van der Waals surface area contributed by atoms with Crippen LogP contribution in [0.5, 0.6) is 0 Å². The molecule has 2 aromatic rings. The van der Waals surface area contributed by atoms with E-state index in [9.17, 15) is 9.59 Å². The third-order valence-corrected chi connectivity index (χ3v) is 4.53. The van der Waals surface area contributed by atoms with E-state index in [4.69, 9.17) is 21.6 Å². The number of anilines is 1. The molecule has 0 aliphatic heterocycles. The Kier molecular flexibility index (Phi) is 6.34. The molecule has 1 aromatic carbocycles. The molecule has 0 radical (unpaired) electrons. The standard InChI is InChI=1S/C18H15ClN2O3S/c1-11-3-4-13(9-15(11)19)5-6-16(22)24-12(2)17(23)21-18-14(10-20)7-8-25-18/h3-9,12H,1-2H3,(H,21,23)/b6-5+/t12-/m1/s1. The predicted octanol–water partition coefficient (Wildman–Crippen LogP) is 4.17. The van der Waals surface area contributed by atoms with E-state index >= 15 is 0 Å². The summed E-state index contributed by atoms with van der Waals surface area (Å²) in [6, 6.07) is 8.98. The molecule has 1 amide bonds. The van der Waals surface area contributed by atoms with Crippen molar-refractivity contribution in [3.63, 3.8) is 0 Å². The Bertz CT molecular complexity index is 867. The second-order valence-electron chi connectivity index (χ2n) is 5.19. The first kappa shape index (κ1) is 18.7. The zero-order valence-corrected chi connectivity index (χ0v) is 15.1. The van der Waals surface area contributed by atoms with Crippen LogP contribution in [-0.2, 0) is 14.3 Å². The highest BCUT2D eigenvalue weighted by atomic mass is 35.5. The van der Waals surface area contributed by atoms with E-state index in [0.29, 0.717) is 15.6 Å². The first-order valence-electron chi connectivity index (χ1n) is 7.34. The van der Waals surface area contributed by atoms with Crippen molar-refractivity contribution < 1.29 is 14.3 Å². The second kappa shape index (κ2) is 8.47. The molecule has 0 aliphatic rings. The van der Waals surface area contributed by atoms with E-state index in [1.54, 1.807) is 23.6 Å². The Morgan fingerprint density at radius 1 is 1.40 bits per heavy atom. The van der Waals surface area contributed by atoms with Crippen molar-refractivity contribution in [3.8, 4) is 6.07 Å². The molecule has 0 bridgehead atoms. The molecule has 1 atom stereocenters. The van der Waals surface area contributed by atoms with Gasteiger partial charge in [0.2, 0.25) is 0 Å². The van der Waals surface area contributed by atoms with Crippen molar-refractivity contribution in [2.24, 2.45) is 0 Å². The van der Waals surface area contributed by atoms with Crippen molar-refractivity contribution in [1.82, 2.24) is 0 Å². The Morgan fingerprint density at radius 2 is 2.16 bits per heavy atom. The number of halogens is 1. The second-order valence-corrected chi connectivity index (χ2v) is 6.51. The number of amides is 1. The number of ether oxygens (including phenoxy) is 1. The van der Waals surface area contributed by atoms with Gasteiger partial charge in [-0.05, 0) is 48.6 Å². The third-order valence-electron chi connectivity index (χ3n) is 3.29. The lowest BCUT2D eigenvalue weighted by Crippen LogP contribution is -2.29. The normalized spacial score (nSPS) is 11.8. The molecule has 7 heteroatoms. The van der Waals surface area contributed by atoms with Gasteiger partial charge in [0, 0.05) is 11.1 Å². The summed E-state index contributed by atoms with van der Waals surface area (Å²) in [5.41, 5.74) is 2.06. The van der Waals surface area contributed by atoms with Gasteiger partial charge in [-0.15, -0.1) is 11.3 Å². The van der Waals surface area contributed by atoms with Gasteiger partial charge < -0.3 is 10.1 Å². The third kappa shape index (κ3) is 5.18. The van der Waals surface area contributed by atoms with Crippen LogP contribution in [0, 0.1) is 18.3 Å². The summed E-state index contributed by atoms with van der Waals surface area (Å²) < 4.78 is 5.06. The van der Waals surface area contributed by atoms with Crippen LogP contribution in [0.4, 0.5) is 5.00 Å². The molecule has 25 heavy (non-hydrogen) atoms. The molecular weight excluding hydrogens is 360 g/mol. The lowest BCUT2D eigenvalue weighted by Gasteiger charge is -2.11.